The van der Waals surface area contributed by atoms with Crippen LogP contribution in [0.4, 0.5) is 10.1 Å². The number of phenols is 1. The van der Waals surface area contributed by atoms with Crippen LogP contribution in [0.5, 0.6) is 5.75 Å². The van der Waals surface area contributed by atoms with Gasteiger partial charge in [0.15, 0.2) is 0 Å². The van der Waals surface area contributed by atoms with Crippen molar-refractivity contribution >= 4 is 43.5 Å². The lowest BCUT2D eigenvalue weighted by Gasteiger charge is -2.04. The van der Waals surface area contributed by atoms with E-state index < -0.39 is 11.6 Å². The fourth-order valence-electron chi connectivity index (χ4n) is 2.67. The SMILES string of the molecule is O=C(C=CC=CC1(F)C[C@@H]1c1ccc(Br)c(Br)c1)Nc1ccccc1O. The van der Waals surface area contributed by atoms with Gasteiger partial charge in [0, 0.05) is 20.9 Å². The Balaban J connectivity index is 1.57. The zero-order valence-corrected chi connectivity index (χ0v) is 16.8. The molecule has 0 heterocycles. The van der Waals surface area contributed by atoms with Gasteiger partial charge in [0.1, 0.15) is 11.4 Å². The number of nitrogens with one attached hydrogen (secondary N) is 1. The number of hydrogen-bond acceptors (Lipinski definition) is 2. The number of alkyl halides is 1. The number of amides is 1. The molecule has 0 radical (unpaired) electrons. The predicted molar refractivity (Wildman–Crippen MR) is 108 cm³/mol. The number of allylic oxidation sites excluding steroid dienone is 3. The summed E-state index contributed by atoms with van der Waals surface area (Å²) >= 11 is 6.83. The van der Waals surface area contributed by atoms with Crippen LogP contribution in [0.2, 0.25) is 0 Å². The first-order chi connectivity index (χ1) is 12.4. The van der Waals surface area contributed by atoms with Crippen LogP contribution >= 0.6 is 31.9 Å². The topological polar surface area (TPSA) is 49.3 Å². The summed E-state index contributed by atoms with van der Waals surface area (Å²) in [6, 6.07) is 12.2. The van der Waals surface area contributed by atoms with E-state index in [4.69, 9.17) is 0 Å². The van der Waals surface area contributed by atoms with Crippen LogP contribution < -0.4 is 5.32 Å². The molecule has 0 aromatic heterocycles. The van der Waals surface area contributed by atoms with Crippen LogP contribution in [0, 0.1) is 0 Å². The molecule has 2 atom stereocenters. The van der Waals surface area contributed by atoms with Gasteiger partial charge in [-0.3, -0.25) is 4.79 Å². The van der Waals surface area contributed by atoms with Gasteiger partial charge in [0.2, 0.25) is 5.91 Å². The lowest BCUT2D eigenvalue weighted by Crippen LogP contribution is -2.07. The van der Waals surface area contributed by atoms with Crippen molar-refractivity contribution in [2.75, 3.05) is 5.32 Å². The van der Waals surface area contributed by atoms with E-state index in [2.05, 4.69) is 37.2 Å². The second kappa shape index (κ2) is 7.76. The Morgan fingerprint density at radius 2 is 1.96 bits per heavy atom. The van der Waals surface area contributed by atoms with Gasteiger partial charge in [-0.05, 0) is 74.2 Å². The maximum atomic E-state index is 14.7. The van der Waals surface area contributed by atoms with Crippen molar-refractivity contribution in [3.63, 3.8) is 0 Å². The first-order valence-corrected chi connectivity index (χ1v) is 9.56. The van der Waals surface area contributed by atoms with Gasteiger partial charge in [-0.15, -0.1) is 0 Å². The Morgan fingerprint density at radius 3 is 2.69 bits per heavy atom. The van der Waals surface area contributed by atoms with Crippen LogP contribution in [0.25, 0.3) is 0 Å². The van der Waals surface area contributed by atoms with Gasteiger partial charge < -0.3 is 10.4 Å². The van der Waals surface area contributed by atoms with E-state index in [1.54, 1.807) is 24.3 Å². The molecule has 0 saturated heterocycles. The van der Waals surface area contributed by atoms with Crippen LogP contribution in [-0.4, -0.2) is 16.7 Å². The Hall–Kier alpha value is -1.92. The molecule has 134 valence electrons. The average Bonchev–Trinajstić information content (AvgIpc) is 3.28. The summed E-state index contributed by atoms with van der Waals surface area (Å²) < 4.78 is 16.6. The lowest BCUT2D eigenvalue weighted by molar-refractivity contribution is -0.111. The summed E-state index contributed by atoms with van der Waals surface area (Å²) in [5.74, 6) is -0.575. The molecule has 1 aliphatic rings. The normalized spacial score (nSPS) is 22.0. The molecule has 1 fully saturated rings. The maximum absolute atomic E-state index is 14.7. The summed E-state index contributed by atoms with van der Waals surface area (Å²) in [6.45, 7) is 0. The molecule has 2 aromatic carbocycles. The molecule has 2 aromatic rings. The minimum Gasteiger partial charge on any atom is -0.506 e. The second-order valence-corrected chi connectivity index (χ2v) is 7.79. The molecule has 0 bridgehead atoms. The quantitative estimate of drug-likeness (QED) is 0.319. The number of anilines is 1. The van der Waals surface area contributed by atoms with E-state index in [1.165, 1.54) is 24.3 Å². The maximum Gasteiger partial charge on any atom is 0.248 e. The molecular weight excluding hydrogens is 465 g/mol. The average molecular weight is 481 g/mol. The number of benzene rings is 2. The Labute approximate surface area is 167 Å². The highest BCUT2D eigenvalue weighted by atomic mass is 79.9. The standard InChI is InChI=1S/C20H16Br2FNO2/c21-15-9-8-13(11-16(15)22)14-12-20(14,23)10-4-3-7-19(26)24-17-5-1-2-6-18(17)25/h1-11,14,25H,12H2,(H,24,26)/t14-,20?/m1/s1. The molecule has 1 amide bonds. The number of para-hydroxylation sites is 2. The minimum atomic E-state index is -1.38. The fourth-order valence-corrected chi connectivity index (χ4v) is 3.32. The highest BCUT2D eigenvalue weighted by Gasteiger charge is 2.54. The highest BCUT2D eigenvalue weighted by Crippen LogP contribution is 2.56. The predicted octanol–water partition coefficient (Wildman–Crippen LogP) is 5.86. The molecule has 3 nitrogen and oxygen atoms in total. The summed E-state index contributed by atoms with van der Waals surface area (Å²) in [6.07, 6.45) is 6.23. The number of phenolic OH excluding ortho intramolecular Hbond substituents is 1. The van der Waals surface area contributed by atoms with Crippen molar-refractivity contribution in [3.8, 4) is 5.75 Å². The summed E-state index contributed by atoms with van der Waals surface area (Å²) in [7, 11) is 0. The molecule has 2 N–H and O–H groups in total. The zero-order valence-electron chi connectivity index (χ0n) is 13.6. The Kier molecular flexibility index (Phi) is 5.63. The third-order valence-corrected chi connectivity index (χ3v) is 6.06. The zero-order chi connectivity index (χ0) is 18.7. The first kappa shape index (κ1) is 18.9. The van der Waals surface area contributed by atoms with Crippen molar-refractivity contribution in [3.05, 3.63) is 81.3 Å². The summed E-state index contributed by atoms with van der Waals surface area (Å²) in [5.41, 5.74) is -0.115. The fraction of sp³-hybridized carbons (Fsp3) is 0.150. The van der Waals surface area contributed by atoms with E-state index >= 15 is 0 Å². The number of carbonyl (C=O) groups excluding carboxylic acids is 1. The first-order valence-electron chi connectivity index (χ1n) is 7.98. The van der Waals surface area contributed by atoms with E-state index in [1.807, 2.05) is 18.2 Å². The monoisotopic (exact) mass is 479 g/mol. The number of hydrogen-bond donors (Lipinski definition) is 2. The molecular formula is C20H16Br2FNO2. The third kappa shape index (κ3) is 4.43. The van der Waals surface area contributed by atoms with Gasteiger partial charge in [-0.2, -0.15) is 0 Å². The molecule has 0 aliphatic heterocycles. The van der Waals surface area contributed by atoms with Gasteiger partial charge in [-0.25, -0.2) is 4.39 Å². The van der Waals surface area contributed by atoms with E-state index in [-0.39, 0.29) is 11.7 Å². The van der Waals surface area contributed by atoms with Crippen LogP contribution in [0.15, 0.2) is 75.7 Å². The molecule has 1 saturated carbocycles. The number of aromatic hydroxyl groups is 1. The molecule has 0 spiro atoms. The van der Waals surface area contributed by atoms with Gasteiger partial charge in [-0.1, -0.05) is 30.4 Å². The Morgan fingerprint density at radius 1 is 1.19 bits per heavy atom. The van der Waals surface area contributed by atoms with Crippen molar-refractivity contribution in [2.24, 2.45) is 0 Å². The molecule has 1 aliphatic carbocycles. The largest absolute Gasteiger partial charge is 0.506 e. The second-order valence-electron chi connectivity index (χ2n) is 6.08. The van der Waals surface area contributed by atoms with Crippen LogP contribution in [-0.2, 0) is 4.79 Å². The minimum absolute atomic E-state index is 0.00557. The molecule has 26 heavy (non-hydrogen) atoms. The van der Waals surface area contributed by atoms with Crippen molar-refractivity contribution in [1.29, 1.82) is 0 Å². The van der Waals surface area contributed by atoms with Gasteiger partial charge in [0.05, 0.1) is 5.69 Å². The van der Waals surface area contributed by atoms with E-state index in [9.17, 15) is 14.3 Å². The highest BCUT2D eigenvalue weighted by molar-refractivity contribution is 9.13. The number of carbonyl (C=O) groups is 1. The van der Waals surface area contributed by atoms with Crippen molar-refractivity contribution < 1.29 is 14.3 Å². The molecule has 1 unspecified atom stereocenters. The number of rotatable bonds is 5. The lowest BCUT2D eigenvalue weighted by atomic mass is 10.1. The van der Waals surface area contributed by atoms with Gasteiger partial charge in [0.25, 0.3) is 0 Å². The smallest absolute Gasteiger partial charge is 0.248 e. The van der Waals surface area contributed by atoms with E-state index in [0.717, 1.165) is 14.5 Å². The summed E-state index contributed by atoms with van der Waals surface area (Å²) in [5, 5.41) is 12.2. The molecule has 6 heteroatoms. The summed E-state index contributed by atoms with van der Waals surface area (Å²) in [4.78, 5) is 11.8. The van der Waals surface area contributed by atoms with Gasteiger partial charge >= 0.3 is 0 Å². The molecule has 3 rings (SSSR count). The van der Waals surface area contributed by atoms with Crippen molar-refractivity contribution in [1.82, 2.24) is 0 Å². The third-order valence-electron chi connectivity index (χ3n) is 4.18. The van der Waals surface area contributed by atoms with E-state index in [0.29, 0.717) is 12.1 Å². The number of halogens is 3. The Bertz CT molecular complexity index is 897. The van der Waals surface area contributed by atoms with Crippen LogP contribution in [0.1, 0.15) is 17.9 Å². The van der Waals surface area contributed by atoms with Crippen LogP contribution in [0.3, 0.4) is 0 Å². The van der Waals surface area contributed by atoms with Crippen molar-refractivity contribution in [2.45, 2.75) is 18.0 Å².